The average molecular weight is 404 g/mol. The van der Waals surface area contributed by atoms with E-state index in [1.54, 1.807) is 17.9 Å². The first kappa shape index (κ1) is 21.1. The molecule has 0 radical (unpaired) electrons. The second kappa shape index (κ2) is 8.67. The maximum absolute atomic E-state index is 12.9. The summed E-state index contributed by atoms with van der Waals surface area (Å²) in [6.07, 6.45) is -0.462. The van der Waals surface area contributed by atoms with E-state index in [1.165, 1.54) is 4.31 Å². The molecule has 1 atom stereocenters. The number of sulfonamides is 1. The van der Waals surface area contributed by atoms with Crippen molar-refractivity contribution >= 4 is 28.3 Å². The molecule has 1 unspecified atom stereocenters. The molecule has 0 bridgehead atoms. The zero-order valence-corrected chi connectivity index (χ0v) is 16.7. The minimum Gasteiger partial charge on any atom is -0.366 e. The van der Waals surface area contributed by atoms with Crippen LogP contribution in [0.25, 0.3) is 0 Å². The van der Waals surface area contributed by atoms with Crippen molar-refractivity contribution in [3.8, 4) is 0 Å². The van der Waals surface area contributed by atoms with Crippen LogP contribution in [0.15, 0.2) is 23.1 Å². The molecule has 2 aliphatic rings. The lowest BCUT2D eigenvalue weighted by Gasteiger charge is -2.36. The number of halogens is 1. The highest BCUT2D eigenvalue weighted by Gasteiger charge is 2.33. The summed E-state index contributed by atoms with van der Waals surface area (Å²) in [6.45, 7) is 6.88. The fourth-order valence-corrected chi connectivity index (χ4v) is 4.93. The van der Waals surface area contributed by atoms with Gasteiger partial charge in [-0.3, -0.25) is 4.79 Å². The second-order valence-electron chi connectivity index (χ2n) is 6.56. The number of aryl methyl sites for hydroxylation is 2. The number of carbonyl (C=O) groups is 1. The normalized spacial score (nSPS) is 21.9. The Hall–Kier alpha value is -1.19. The zero-order valence-electron chi connectivity index (χ0n) is 15.1. The molecule has 9 heteroatoms. The molecule has 1 amide bonds. The number of nitrogens with zero attached hydrogens (tertiary/aromatic N) is 2. The van der Waals surface area contributed by atoms with E-state index >= 15 is 0 Å². The average Bonchev–Trinajstić information content (AvgIpc) is 2.64. The highest BCUT2D eigenvalue weighted by molar-refractivity contribution is 7.89. The molecule has 0 aliphatic carbocycles. The summed E-state index contributed by atoms with van der Waals surface area (Å²) in [5.41, 5.74) is 1.66. The minimum atomic E-state index is -3.54. The first-order chi connectivity index (χ1) is 11.9. The maximum Gasteiger partial charge on any atom is 0.253 e. The Morgan fingerprint density at radius 3 is 2.50 bits per heavy atom. The molecule has 0 aromatic heterocycles. The van der Waals surface area contributed by atoms with Crippen LogP contribution in [0.1, 0.15) is 11.1 Å². The molecular weight excluding hydrogens is 378 g/mol. The number of nitrogens with one attached hydrogen (secondary N) is 1. The van der Waals surface area contributed by atoms with Gasteiger partial charge in [-0.2, -0.15) is 4.31 Å². The summed E-state index contributed by atoms with van der Waals surface area (Å²) in [6, 6.07) is 5.45. The molecule has 26 heavy (non-hydrogen) atoms. The van der Waals surface area contributed by atoms with Crippen LogP contribution < -0.4 is 5.32 Å². The number of rotatable bonds is 3. The number of amides is 1. The highest BCUT2D eigenvalue weighted by atomic mass is 35.5. The predicted octanol–water partition coefficient (Wildman–Crippen LogP) is 0.547. The summed E-state index contributed by atoms with van der Waals surface area (Å²) in [4.78, 5) is 14.5. The number of ether oxygens (including phenoxy) is 1. The van der Waals surface area contributed by atoms with Crippen molar-refractivity contribution in [2.24, 2.45) is 0 Å². The third-order valence-corrected chi connectivity index (χ3v) is 6.76. The van der Waals surface area contributed by atoms with Crippen molar-refractivity contribution in [3.05, 3.63) is 29.3 Å². The fraction of sp³-hybridized carbons (Fsp3) is 0.588. The van der Waals surface area contributed by atoms with Crippen molar-refractivity contribution in [3.63, 3.8) is 0 Å². The Labute approximate surface area is 161 Å². The fourth-order valence-electron chi connectivity index (χ4n) is 3.20. The van der Waals surface area contributed by atoms with Crippen molar-refractivity contribution in [1.82, 2.24) is 14.5 Å². The molecule has 2 heterocycles. The van der Waals surface area contributed by atoms with Gasteiger partial charge in [-0.1, -0.05) is 12.1 Å². The van der Waals surface area contributed by atoms with E-state index < -0.39 is 16.1 Å². The van der Waals surface area contributed by atoms with Crippen LogP contribution in [0.3, 0.4) is 0 Å². The molecular formula is C17H26ClN3O4S. The van der Waals surface area contributed by atoms with E-state index in [0.29, 0.717) is 44.2 Å². The largest absolute Gasteiger partial charge is 0.366 e. The summed E-state index contributed by atoms with van der Waals surface area (Å²) in [7, 11) is -3.54. The number of hydrogen-bond donors (Lipinski definition) is 1. The number of morpholine rings is 1. The molecule has 2 aliphatic heterocycles. The van der Waals surface area contributed by atoms with E-state index in [1.807, 2.05) is 19.1 Å². The van der Waals surface area contributed by atoms with Crippen LogP contribution in [0.5, 0.6) is 0 Å². The summed E-state index contributed by atoms with van der Waals surface area (Å²) < 4.78 is 32.8. The van der Waals surface area contributed by atoms with Gasteiger partial charge in [0.25, 0.3) is 5.91 Å². The Balaban J connectivity index is 0.00000243. The van der Waals surface area contributed by atoms with Gasteiger partial charge in [-0.15, -0.1) is 12.4 Å². The highest BCUT2D eigenvalue weighted by Crippen LogP contribution is 2.22. The van der Waals surface area contributed by atoms with E-state index in [0.717, 1.165) is 17.7 Å². The van der Waals surface area contributed by atoms with Crippen molar-refractivity contribution in [1.29, 1.82) is 0 Å². The molecule has 146 valence electrons. The van der Waals surface area contributed by atoms with Gasteiger partial charge in [-0.25, -0.2) is 8.42 Å². The van der Waals surface area contributed by atoms with E-state index in [2.05, 4.69) is 5.32 Å². The van der Waals surface area contributed by atoms with Gasteiger partial charge in [0, 0.05) is 39.3 Å². The molecule has 2 saturated heterocycles. The Kier molecular flexibility index (Phi) is 7.04. The van der Waals surface area contributed by atoms with Gasteiger partial charge in [0.1, 0.15) is 6.10 Å². The Bertz CT molecular complexity index is 742. The molecule has 7 nitrogen and oxygen atoms in total. The lowest BCUT2D eigenvalue weighted by molar-refractivity contribution is -0.146. The van der Waals surface area contributed by atoms with Crippen LogP contribution in [0.4, 0.5) is 0 Å². The Morgan fingerprint density at radius 2 is 1.88 bits per heavy atom. The van der Waals surface area contributed by atoms with Gasteiger partial charge < -0.3 is 15.0 Å². The molecule has 1 aromatic carbocycles. The minimum absolute atomic E-state index is 0. The van der Waals surface area contributed by atoms with Crippen molar-refractivity contribution in [2.45, 2.75) is 24.8 Å². The van der Waals surface area contributed by atoms with Gasteiger partial charge in [0.15, 0.2) is 0 Å². The van der Waals surface area contributed by atoms with Crippen LogP contribution in [0, 0.1) is 13.8 Å². The van der Waals surface area contributed by atoms with Gasteiger partial charge in [0.2, 0.25) is 10.0 Å². The van der Waals surface area contributed by atoms with Crippen molar-refractivity contribution in [2.75, 3.05) is 45.9 Å². The van der Waals surface area contributed by atoms with Crippen LogP contribution >= 0.6 is 12.4 Å². The monoisotopic (exact) mass is 403 g/mol. The number of carbonyl (C=O) groups excluding carboxylic acids is 1. The van der Waals surface area contributed by atoms with Crippen LogP contribution in [-0.2, 0) is 19.6 Å². The van der Waals surface area contributed by atoms with Crippen LogP contribution in [-0.4, -0.2) is 75.5 Å². The smallest absolute Gasteiger partial charge is 0.253 e. The summed E-state index contributed by atoms with van der Waals surface area (Å²) >= 11 is 0. The lowest BCUT2D eigenvalue weighted by Crippen LogP contribution is -2.55. The molecule has 1 N–H and O–H groups in total. The van der Waals surface area contributed by atoms with E-state index in [9.17, 15) is 13.2 Å². The lowest BCUT2D eigenvalue weighted by atomic mass is 10.2. The van der Waals surface area contributed by atoms with Crippen LogP contribution in [0.2, 0.25) is 0 Å². The Morgan fingerprint density at radius 1 is 1.19 bits per heavy atom. The molecule has 2 fully saturated rings. The van der Waals surface area contributed by atoms with Gasteiger partial charge in [-0.05, 0) is 31.0 Å². The van der Waals surface area contributed by atoms with Gasteiger partial charge >= 0.3 is 0 Å². The zero-order chi connectivity index (χ0) is 18.0. The van der Waals surface area contributed by atoms with Crippen molar-refractivity contribution < 1.29 is 17.9 Å². The SMILES string of the molecule is Cc1ccc(C)c(S(=O)(=O)N2CCN(C(=O)C3CNCCO3)CC2)c1.Cl. The first-order valence-electron chi connectivity index (χ1n) is 8.58. The summed E-state index contributed by atoms with van der Waals surface area (Å²) in [5.74, 6) is -0.0593. The summed E-state index contributed by atoms with van der Waals surface area (Å²) in [5, 5.41) is 3.14. The number of piperazine rings is 1. The third-order valence-electron chi connectivity index (χ3n) is 4.71. The quantitative estimate of drug-likeness (QED) is 0.797. The predicted molar refractivity (Wildman–Crippen MR) is 101 cm³/mol. The van der Waals surface area contributed by atoms with E-state index in [-0.39, 0.29) is 18.3 Å². The number of benzene rings is 1. The maximum atomic E-state index is 12.9. The number of hydrogen-bond acceptors (Lipinski definition) is 5. The molecule has 0 spiro atoms. The standard InChI is InChI=1S/C17H25N3O4S.ClH/c1-13-3-4-14(2)16(11-13)25(22,23)20-8-6-19(7-9-20)17(21)15-12-18-5-10-24-15;/h3-4,11,15,18H,5-10,12H2,1-2H3;1H. The molecule has 1 aromatic rings. The van der Waals surface area contributed by atoms with Gasteiger partial charge in [0.05, 0.1) is 11.5 Å². The topological polar surface area (TPSA) is 79.0 Å². The first-order valence-corrected chi connectivity index (χ1v) is 10.0. The molecule has 3 rings (SSSR count). The molecule has 0 saturated carbocycles. The van der Waals surface area contributed by atoms with E-state index in [4.69, 9.17) is 4.74 Å². The second-order valence-corrected chi connectivity index (χ2v) is 8.47. The third kappa shape index (κ3) is 4.37.